The molecule has 0 unspecified atom stereocenters. The van der Waals surface area contributed by atoms with Crippen LogP contribution in [0.5, 0.6) is 0 Å². The lowest BCUT2D eigenvalue weighted by Crippen LogP contribution is -2.19. The van der Waals surface area contributed by atoms with Crippen LogP contribution in [0.3, 0.4) is 0 Å². The van der Waals surface area contributed by atoms with Gasteiger partial charge in [-0.3, -0.25) is 0 Å². The van der Waals surface area contributed by atoms with Gasteiger partial charge in [-0.05, 0) is 37.1 Å². The fraction of sp³-hybridized carbons (Fsp3) is 0.211. The molecule has 0 bridgehead atoms. The normalized spacial score (nSPS) is 11.4. The number of anilines is 1. The van der Waals surface area contributed by atoms with Gasteiger partial charge in [-0.15, -0.1) is 12.6 Å². The Balaban J connectivity index is 2.36. The number of halogens is 1. The molecule has 0 atom stereocenters. The Morgan fingerprint density at radius 2 is 1.91 bits per heavy atom. The molecule has 0 spiro atoms. The van der Waals surface area contributed by atoms with Crippen molar-refractivity contribution < 1.29 is 4.39 Å². The van der Waals surface area contributed by atoms with Gasteiger partial charge < -0.3 is 0 Å². The van der Waals surface area contributed by atoms with Crippen molar-refractivity contribution in [3.63, 3.8) is 0 Å². The van der Waals surface area contributed by atoms with Crippen molar-refractivity contribution in [1.29, 1.82) is 0 Å². The summed E-state index contributed by atoms with van der Waals surface area (Å²) in [4.78, 5) is 0.580. The number of rotatable bonds is 6. The maximum absolute atomic E-state index is 14.4. The number of nitrogens with zero attached hydrogens (tertiary/aromatic N) is 2. The van der Waals surface area contributed by atoms with Crippen LogP contribution in [0.2, 0.25) is 0 Å². The Labute approximate surface area is 142 Å². The second-order valence-electron chi connectivity index (χ2n) is 5.36. The predicted octanol–water partition coefficient (Wildman–Crippen LogP) is 5.46. The Bertz CT molecular complexity index is 711. The van der Waals surface area contributed by atoms with Gasteiger partial charge in [-0.2, -0.15) is 5.10 Å². The first kappa shape index (κ1) is 17.3. The monoisotopic (exact) mass is 328 g/mol. The SMILES string of the molecule is C=C(Cc1ccccc1)N(/N=C(\C)CC)c1ccc(S)cc1F. The zero-order valence-corrected chi connectivity index (χ0v) is 14.4. The highest BCUT2D eigenvalue weighted by Gasteiger charge is 2.15. The molecule has 0 aliphatic rings. The fourth-order valence-corrected chi connectivity index (χ4v) is 2.30. The maximum Gasteiger partial charge on any atom is 0.149 e. The summed E-state index contributed by atoms with van der Waals surface area (Å²) in [6.07, 6.45) is 1.39. The van der Waals surface area contributed by atoms with Crippen molar-refractivity contribution in [2.75, 3.05) is 5.01 Å². The number of thiol groups is 1. The minimum Gasteiger partial charge on any atom is -0.235 e. The van der Waals surface area contributed by atoms with E-state index in [0.29, 0.717) is 17.0 Å². The molecule has 120 valence electrons. The minimum absolute atomic E-state index is 0.362. The second kappa shape index (κ2) is 7.97. The molecule has 4 heteroatoms. The van der Waals surface area contributed by atoms with E-state index in [2.05, 4.69) is 24.3 Å². The summed E-state index contributed by atoms with van der Waals surface area (Å²) in [5.41, 5.74) is 3.12. The largest absolute Gasteiger partial charge is 0.235 e. The summed E-state index contributed by atoms with van der Waals surface area (Å²) in [6.45, 7) is 8.05. The van der Waals surface area contributed by atoms with Crippen molar-refractivity contribution in [2.45, 2.75) is 31.6 Å². The van der Waals surface area contributed by atoms with E-state index in [0.717, 1.165) is 23.4 Å². The first-order valence-electron chi connectivity index (χ1n) is 7.55. The Morgan fingerprint density at radius 1 is 1.22 bits per heavy atom. The molecule has 2 rings (SSSR count). The quantitative estimate of drug-likeness (QED) is 0.423. The summed E-state index contributed by atoms with van der Waals surface area (Å²) < 4.78 is 14.4. The summed E-state index contributed by atoms with van der Waals surface area (Å²) in [5, 5.41) is 6.13. The topological polar surface area (TPSA) is 15.6 Å². The highest BCUT2D eigenvalue weighted by atomic mass is 32.1. The zero-order chi connectivity index (χ0) is 16.8. The lowest BCUT2D eigenvalue weighted by Gasteiger charge is -2.23. The predicted molar refractivity (Wildman–Crippen MR) is 98.8 cm³/mol. The van der Waals surface area contributed by atoms with Gasteiger partial charge in [0.25, 0.3) is 0 Å². The van der Waals surface area contributed by atoms with E-state index >= 15 is 0 Å². The van der Waals surface area contributed by atoms with E-state index in [9.17, 15) is 4.39 Å². The molecule has 0 aromatic heterocycles. The van der Waals surface area contributed by atoms with Crippen LogP contribution in [0.1, 0.15) is 25.8 Å². The van der Waals surface area contributed by atoms with E-state index in [1.54, 1.807) is 17.1 Å². The van der Waals surface area contributed by atoms with Gasteiger partial charge in [0.2, 0.25) is 0 Å². The molecule has 0 saturated heterocycles. The number of benzene rings is 2. The third-order valence-electron chi connectivity index (χ3n) is 3.49. The molecule has 0 heterocycles. The third-order valence-corrected chi connectivity index (χ3v) is 3.77. The van der Waals surface area contributed by atoms with Gasteiger partial charge >= 0.3 is 0 Å². The molecule has 0 N–H and O–H groups in total. The van der Waals surface area contributed by atoms with Crippen LogP contribution in [0, 0.1) is 5.82 Å². The van der Waals surface area contributed by atoms with E-state index in [1.807, 2.05) is 44.2 Å². The lowest BCUT2D eigenvalue weighted by molar-refractivity contribution is 0.620. The molecule has 0 radical (unpaired) electrons. The van der Waals surface area contributed by atoms with Crippen LogP contribution in [-0.4, -0.2) is 5.71 Å². The standard InChI is InChI=1S/C19H21FN2S/c1-4-14(2)21-22(19-11-10-17(23)13-18(19)20)15(3)12-16-8-6-5-7-9-16/h5-11,13,23H,3-4,12H2,1-2H3/b21-14+. The Kier molecular flexibility index (Phi) is 5.99. The summed E-state index contributed by atoms with van der Waals surface area (Å²) in [5.74, 6) is -0.362. The third kappa shape index (κ3) is 4.70. The molecule has 0 amide bonds. The summed E-state index contributed by atoms with van der Waals surface area (Å²) in [7, 11) is 0. The van der Waals surface area contributed by atoms with Crippen molar-refractivity contribution >= 4 is 24.0 Å². The maximum atomic E-state index is 14.4. The average Bonchev–Trinajstić information content (AvgIpc) is 2.54. The summed E-state index contributed by atoms with van der Waals surface area (Å²) >= 11 is 4.17. The molecule has 2 aromatic carbocycles. The summed E-state index contributed by atoms with van der Waals surface area (Å²) in [6, 6.07) is 14.8. The van der Waals surface area contributed by atoms with Crippen LogP contribution >= 0.6 is 12.6 Å². The zero-order valence-electron chi connectivity index (χ0n) is 13.5. The van der Waals surface area contributed by atoms with Gasteiger partial charge in [0, 0.05) is 22.7 Å². The van der Waals surface area contributed by atoms with Crippen LogP contribution < -0.4 is 5.01 Å². The van der Waals surface area contributed by atoms with Gasteiger partial charge in [0.05, 0.1) is 0 Å². The van der Waals surface area contributed by atoms with Crippen molar-refractivity contribution in [1.82, 2.24) is 0 Å². The highest BCUT2D eigenvalue weighted by molar-refractivity contribution is 7.80. The first-order chi connectivity index (χ1) is 11.0. The van der Waals surface area contributed by atoms with Crippen molar-refractivity contribution in [3.05, 3.63) is 72.2 Å². The van der Waals surface area contributed by atoms with Crippen LogP contribution in [0.15, 0.2) is 70.8 Å². The minimum atomic E-state index is -0.362. The molecule has 0 fully saturated rings. The number of hydrogen-bond acceptors (Lipinski definition) is 3. The molecule has 2 nitrogen and oxygen atoms in total. The molecule has 0 aliphatic carbocycles. The molecule has 2 aromatic rings. The van der Waals surface area contributed by atoms with Crippen molar-refractivity contribution in [3.8, 4) is 0 Å². The molecule has 23 heavy (non-hydrogen) atoms. The lowest BCUT2D eigenvalue weighted by atomic mass is 10.1. The Hall–Kier alpha value is -2.07. The molecular weight excluding hydrogens is 307 g/mol. The molecular formula is C19H21FN2S. The second-order valence-corrected chi connectivity index (χ2v) is 5.88. The van der Waals surface area contributed by atoms with Gasteiger partial charge in [0.15, 0.2) is 0 Å². The van der Waals surface area contributed by atoms with E-state index in [4.69, 9.17) is 0 Å². The number of allylic oxidation sites excluding steroid dienone is 1. The first-order valence-corrected chi connectivity index (χ1v) is 8.00. The van der Waals surface area contributed by atoms with Gasteiger partial charge in [0.1, 0.15) is 11.5 Å². The van der Waals surface area contributed by atoms with E-state index in [-0.39, 0.29) is 5.82 Å². The van der Waals surface area contributed by atoms with E-state index < -0.39 is 0 Å². The number of hydrazone groups is 1. The van der Waals surface area contributed by atoms with E-state index in [1.165, 1.54) is 6.07 Å². The molecule has 0 aliphatic heterocycles. The number of hydrogen-bond donors (Lipinski definition) is 1. The van der Waals surface area contributed by atoms with Crippen molar-refractivity contribution in [2.24, 2.45) is 5.10 Å². The van der Waals surface area contributed by atoms with Crippen LogP contribution in [0.25, 0.3) is 0 Å². The highest BCUT2D eigenvalue weighted by Crippen LogP contribution is 2.27. The van der Waals surface area contributed by atoms with Gasteiger partial charge in [-0.25, -0.2) is 9.40 Å². The average molecular weight is 328 g/mol. The molecule has 0 saturated carbocycles. The van der Waals surface area contributed by atoms with Crippen LogP contribution in [0.4, 0.5) is 10.1 Å². The van der Waals surface area contributed by atoms with Gasteiger partial charge in [-0.1, -0.05) is 43.8 Å². The fourth-order valence-electron chi connectivity index (χ4n) is 2.11. The smallest absolute Gasteiger partial charge is 0.149 e. The van der Waals surface area contributed by atoms with Crippen LogP contribution in [-0.2, 0) is 6.42 Å². The Morgan fingerprint density at radius 3 is 2.52 bits per heavy atom.